The Kier molecular flexibility index (Phi) is 8.96. The molecule has 144 valence electrons. The molecule has 6 heteroatoms. The van der Waals surface area contributed by atoms with Crippen LogP contribution in [-0.2, 0) is 17.9 Å². The predicted molar refractivity (Wildman–Crippen MR) is 107 cm³/mol. The summed E-state index contributed by atoms with van der Waals surface area (Å²) < 4.78 is 0. The third-order valence-corrected chi connectivity index (χ3v) is 4.53. The normalized spacial score (nSPS) is 15.1. The zero-order chi connectivity index (χ0) is 18.6. The maximum Gasteiger partial charge on any atom is 0.221 e. The highest BCUT2D eigenvalue weighted by molar-refractivity contribution is 5.81. The van der Waals surface area contributed by atoms with Crippen LogP contribution in [0.15, 0.2) is 29.3 Å². The molecular weight excluding hydrogens is 326 g/mol. The van der Waals surface area contributed by atoms with Crippen molar-refractivity contribution in [3.8, 4) is 0 Å². The number of nitrogens with one attached hydrogen (secondary N) is 3. The second-order valence-corrected chi connectivity index (χ2v) is 6.75. The minimum atomic E-state index is 0.0726. The summed E-state index contributed by atoms with van der Waals surface area (Å²) in [5, 5.41) is 9.34. The first-order valence-electron chi connectivity index (χ1n) is 9.72. The van der Waals surface area contributed by atoms with Crippen molar-refractivity contribution in [3.63, 3.8) is 0 Å². The lowest BCUT2D eigenvalue weighted by Gasteiger charge is -2.15. The van der Waals surface area contributed by atoms with Crippen molar-refractivity contribution in [3.05, 3.63) is 35.4 Å². The second kappa shape index (κ2) is 11.5. The molecule has 2 rings (SSSR count). The number of aliphatic imine (C=N–C) groups is 1. The fourth-order valence-corrected chi connectivity index (χ4v) is 3.02. The molecule has 0 atom stereocenters. The van der Waals surface area contributed by atoms with Gasteiger partial charge in [0, 0.05) is 39.6 Å². The number of amides is 1. The van der Waals surface area contributed by atoms with Gasteiger partial charge < -0.3 is 16.0 Å². The number of guanidine groups is 1. The van der Waals surface area contributed by atoms with Crippen molar-refractivity contribution in [1.29, 1.82) is 0 Å². The number of carbonyl (C=O) groups is 1. The van der Waals surface area contributed by atoms with E-state index in [-0.39, 0.29) is 5.91 Å². The van der Waals surface area contributed by atoms with E-state index < -0.39 is 0 Å². The molecule has 0 saturated carbocycles. The van der Waals surface area contributed by atoms with Crippen molar-refractivity contribution in [2.75, 3.05) is 33.2 Å². The van der Waals surface area contributed by atoms with Gasteiger partial charge in [-0.15, -0.1) is 0 Å². The highest BCUT2D eigenvalue weighted by atomic mass is 16.1. The van der Waals surface area contributed by atoms with Crippen LogP contribution in [0.1, 0.15) is 43.7 Å². The van der Waals surface area contributed by atoms with Crippen LogP contribution in [0, 0.1) is 0 Å². The molecule has 0 aliphatic carbocycles. The lowest BCUT2D eigenvalue weighted by atomic mass is 10.1. The molecule has 1 saturated heterocycles. The Balaban J connectivity index is 1.68. The number of likely N-dealkylation sites (tertiary alicyclic amines) is 1. The molecule has 0 radical (unpaired) electrons. The van der Waals surface area contributed by atoms with Crippen molar-refractivity contribution in [1.82, 2.24) is 20.9 Å². The molecule has 26 heavy (non-hydrogen) atoms. The van der Waals surface area contributed by atoms with Crippen LogP contribution in [-0.4, -0.2) is 50.0 Å². The molecule has 0 bridgehead atoms. The van der Waals surface area contributed by atoms with Crippen LogP contribution in [0.5, 0.6) is 0 Å². The van der Waals surface area contributed by atoms with E-state index in [1.807, 2.05) is 6.92 Å². The van der Waals surface area contributed by atoms with Gasteiger partial charge in [-0.3, -0.25) is 14.7 Å². The van der Waals surface area contributed by atoms with E-state index in [9.17, 15) is 4.79 Å². The Morgan fingerprint density at radius 3 is 2.38 bits per heavy atom. The first-order valence-corrected chi connectivity index (χ1v) is 9.72. The Hall–Kier alpha value is -2.08. The third kappa shape index (κ3) is 7.44. The second-order valence-electron chi connectivity index (χ2n) is 6.75. The minimum absolute atomic E-state index is 0.0726. The van der Waals surface area contributed by atoms with Crippen LogP contribution < -0.4 is 16.0 Å². The van der Waals surface area contributed by atoms with Crippen LogP contribution in [0.2, 0.25) is 0 Å². The summed E-state index contributed by atoms with van der Waals surface area (Å²) in [6, 6.07) is 8.76. The van der Waals surface area contributed by atoms with Gasteiger partial charge >= 0.3 is 0 Å². The minimum Gasteiger partial charge on any atom is -0.356 e. The van der Waals surface area contributed by atoms with E-state index in [0.717, 1.165) is 25.5 Å². The molecular formula is C20H33N5O. The SMILES string of the molecule is CCCNC(=O)CCNC(=NC)NCc1ccc(CN2CCCC2)cc1. The third-order valence-electron chi connectivity index (χ3n) is 4.53. The summed E-state index contributed by atoms with van der Waals surface area (Å²) in [7, 11) is 1.74. The molecule has 1 aromatic rings. The van der Waals surface area contributed by atoms with E-state index in [2.05, 4.69) is 50.1 Å². The summed E-state index contributed by atoms with van der Waals surface area (Å²) in [5.41, 5.74) is 2.59. The van der Waals surface area contributed by atoms with Crippen molar-refractivity contribution < 1.29 is 4.79 Å². The first kappa shape index (κ1) is 20.2. The Labute approximate surface area is 157 Å². The number of benzene rings is 1. The van der Waals surface area contributed by atoms with Crippen LogP contribution in [0.3, 0.4) is 0 Å². The topological polar surface area (TPSA) is 68.8 Å². The molecule has 0 spiro atoms. The molecule has 3 N–H and O–H groups in total. The van der Waals surface area contributed by atoms with Crippen LogP contribution in [0.4, 0.5) is 0 Å². The molecule has 1 fully saturated rings. The molecule has 0 aromatic heterocycles. The van der Waals surface area contributed by atoms with E-state index >= 15 is 0 Å². The van der Waals surface area contributed by atoms with Gasteiger partial charge in [0.15, 0.2) is 5.96 Å². The molecule has 1 aromatic carbocycles. The van der Waals surface area contributed by atoms with E-state index in [1.54, 1.807) is 7.05 Å². The lowest BCUT2D eigenvalue weighted by molar-refractivity contribution is -0.120. The maximum absolute atomic E-state index is 11.6. The van der Waals surface area contributed by atoms with Gasteiger partial charge in [0.25, 0.3) is 0 Å². The Morgan fingerprint density at radius 2 is 1.73 bits per heavy atom. The molecule has 0 unspecified atom stereocenters. The maximum atomic E-state index is 11.6. The standard InChI is InChI=1S/C20H33N5O/c1-3-11-22-19(26)10-12-23-20(21-2)24-15-17-6-8-18(9-7-17)16-25-13-4-5-14-25/h6-9H,3-5,10-16H2,1-2H3,(H,22,26)(H2,21,23,24). The zero-order valence-corrected chi connectivity index (χ0v) is 16.2. The van der Waals surface area contributed by atoms with E-state index in [4.69, 9.17) is 0 Å². The quantitative estimate of drug-likeness (QED) is 0.465. The van der Waals surface area contributed by atoms with Gasteiger partial charge in [-0.25, -0.2) is 0 Å². The van der Waals surface area contributed by atoms with Gasteiger partial charge in [0.2, 0.25) is 5.91 Å². The average Bonchev–Trinajstić information content (AvgIpc) is 3.17. The van der Waals surface area contributed by atoms with E-state index in [1.165, 1.54) is 37.1 Å². The molecule has 6 nitrogen and oxygen atoms in total. The number of hydrogen-bond acceptors (Lipinski definition) is 3. The highest BCUT2D eigenvalue weighted by Gasteiger charge is 2.11. The van der Waals surface area contributed by atoms with Gasteiger partial charge in [-0.2, -0.15) is 0 Å². The van der Waals surface area contributed by atoms with Crippen LogP contribution >= 0.6 is 0 Å². The van der Waals surface area contributed by atoms with E-state index in [0.29, 0.717) is 19.5 Å². The summed E-state index contributed by atoms with van der Waals surface area (Å²) in [6.45, 7) is 7.57. The van der Waals surface area contributed by atoms with Gasteiger partial charge in [0.1, 0.15) is 0 Å². The number of nitrogens with zero attached hydrogens (tertiary/aromatic N) is 2. The zero-order valence-electron chi connectivity index (χ0n) is 16.2. The molecule has 1 heterocycles. The summed E-state index contributed by atoms with van der Waals surface area (Å²) in [5.74, 6) is 0.790. The lowest BCUT2D eigenvalue weighted by Crippen LogP contribution is -2.39. The predicted octanol–water partition coefficient (Wildman–Crippen LogP) is 1.86. The Morgan fingerprint density at radius 1 is 1.04 bits per heavy atom. The average molecular weight is 360 g/mol. The summed E-state index contributed by atoms with van der Waals surface area (Å²) in [6.07, 6.45) is 4.06. The monoisotopic (exact) mass is 359 g/mol. The van der Waals surface area contributed by atoms with Gasteiger partial charge in [0.05, 0.1) is 0 Å². The summed E-state index contributed by atoms with van der Waals surface area (Å²) >= 11 is 0. The van der Waals surface area contributed by atoms with Crippen LogP contribution in [0.25, 0.3) is 0 Å². The van der Waals surface area contributed by atoms with Gasteiger partial charge in [-0.1, -0.05) is 31.2 Å². The first-order chi connectivity index (χ1) is 12.7. The van der Waals surface area contributed by atoms with Crippen molar-refractivity contribution in [2.24, 2.45) is 4.99 Å². The van der Waals surface area contributed by atoms with Crippen molar-refractivity contribution >= 4 is 11.9 Å². The number of rotatable bonds is 9. The number of carbonyl (C=O) groups excluding carboxylic acids is 1. The molecule has 1 aliphatic rings. The fraction of sp³-hybridized carbons (Fsp3) is 0.600. The Bertz CT molecular complexity index is 564. The molecule has 1 aliphatic heterocycles. The van der Waals surface area contributed by atoms with Gasteiger partial charge in [-0.05, 0) is 43.5 Å². The highest BCUT2D eigenvalue weighted by Crippen LogP contribution is 2.13. The van der Waals surface area contributed by atoms with Crippen molar-refractivity contribution in [2.45, 2.75) is 45.7 Å². The molecule has 1 amide bonds. The number of hydrogen-bond donors (Lipinski definition) is 3. The fourth-order valence-electron chi connectivity index (χ4n) is 3.02. The summed E-state index contributed by atoms with van der Waals surface area (Å²) in [4.78, 5) is 18.3. The smallest absolute Gasteiger partial charge is 0.221 e. The largest absolute Gasteiger partial charge is 0.356 e.